The zero-order valence-electron chi connectivity index (χ0n) is 13.4. The van der Waals surface area contributed by atoms with Gasteiger partial charge >= 0.3 is 0 Å². The van der Waals surface area contributed by atoms with Crippen molar-refractivity contribution < 1.29 is 4.79 Å². The molecule has 1 nitrogen and oxygen atoms in total. The van der Waals surface area contributed by atoms with E-state index in [0.29, 0.717) is 11.8 Å². The van der Waals surface area contributed by atoms with Crippen molar-refractivity contribution in [1.29, 1.82) is 0 Å². The molecule has 3 heteroatoms. The number of hydrogen-bond donors (Lipinski definition) is 0. The zero-order valence-corrected chi connectivity index (χ0v) is 15.4. The maximum Gasteiger partial charge on any atom is 0.157 e. The maximum absolute atomic E-state index is 12.4. The fraction of sp³-hybridized carbons (Fsp3) is 0.471. The van der Waals surface area contributed by atoms with E-state index in [1.807, 2.05) is 18.2 Å². The number of carbonyl (C=O) groups excluding carboxylic acids is 1. The number of benzene rings is 1. The van der Waals surface area contributed by atoms with Gasteiger partial charge in [-0.2, -0.15) is 0 Å². The molecule has 0 fully saturated rings. The molecule has 0 radical (unpaired) electrons. The third kappa shape index (κ3) is 5.48. The maximum atomic E-state index is 12.4. The summed E-state index contributed by atoms with van der Waals surface area (Å²) in [6, 6.07) is 10.2. The Bertz CT molecular complexity index is 501. The lowest BCUT2D eigenvalue weighted by Gasteiger charge is -2.20. The molecule has 0 aliphatic rings. The summed E-state index contributed by atoms with van der Waals surface area (Å²) in [5, 5.41) is 1.68. The van der Waals surface area contributed by atoms with Gasteiger partial charge in [-0.25, -0.2) is 0 Å². The van der Waals surface area contributed by atoms with Gasteiger partial charge in [0.2, 0.25) is 0 Å². The smallest absolute Gasteiger partial charge is 0.157 e. The average molecular weight is 303 g/mol. The van der Waals surface area contributed by atoms with Crippen LogP contribution < -0.4 is 5.19 Å². The molecule has 1 rings (SSSR count). The van der Waals surface area contributed by atoms with Crippen LogP contribution in [0, 0.1) is 11.5 Å². The largest absolute Gasteiger partial charge is 0.305 e. The minimum Gasteiger partial charge on any atom is -0.305 e. The van der Waals surface area contributed by atoms with Gasteiger partial charge in [-0.15, -0.1) is 11.5 Å². The normalized spacial score (nSPS) is 11.7. The van der Waals surface area contributed by atoms with E-state index in [1.165, 1.54) is 5.19 Å². The molecule has 0 heterocycles. The molecule has 0 aliphatic heterocycles. The van der Waals surface area contributed by atoms with Crippen LogP contribution in [0.5, 0.6) is 0 Å². The van der Waals surface area contributed by atoms with Crippen molar-refractivity contribution in [2.45, 2.75) is 52.0 Å². The zero-order chi connectivity index (χ0) is 15.2. The molecule has 0 spiro atoms. The first-order valence-electron chi connectivity index (χ1n) is 7.32. The van der Waals surface area contributed by atoms with Crippen molar-refractivity contribution in [2.24, 2.45) is 0 Å². The number of rotatable bonds is 5. The lowest BCUT2D eigenvalue weighted by atomic mass is 10.2. The van der Waals surface area contributed by atoms with Crippen LogP contribution in [0.15, 0.2) is 30.3 Å². The Morgan fingerprint density at radius 2 is 1.65 bits per heavy atom. The van der Waals surface area contributed by atoms with Gasteiger partial charge in [0.05, 0.1) is 0 Å². The van der Waals surface area contributed by atoms with Crippen molar-refractivity contribution in [3.8, 4) is 11.5 Å². The second kappa shape index (κ2) is 7.05. The summed E-state index contributed by atoms with van der Waals surface area (Å²) in [6.45, 7) is 11.0. The summed E-state index contributed by atoms with van der Waals surface area (Å²) in [7, 11) is -3.22. The van der Waals surface area contributed by atoms with Crippen LogP contribution in [0.1, 0.15) is 19.3 Å². The highest BCUT2D eigenvalue weighted by Gasteiger charge is 2.31. The molecule has 108 valence electrons. The highest BCUT2D eigenvalue weighted by Crippen LogP contribution is 2.10. The average Bonchev–Trinajstić information content (AvgIpc) is 2.37. The Kier molecular flexibility index (Phi) is 5.97. The Labute approximate surface area is 125 Å². The summed E-state index contributed by atoms with van der Waals surface area (Å²) in [5.74, 6) is 3.25. The van der Waals surface area contributed by atoms with Gasteiger partial charge in [-0.1, -0.05) is 68.3 Å². The van der Waals surface area contributed by atoms with Crippen molar-refractivity contribution in [2.75, 3.05) is 0 Å². The quantitative estimate of drug-likeness (QED) is 0.460. The third-order valence-corrected chi connectivity index (χ3v) is 7.71. The summed E-state index contributed by atoms with van der Waals surface area (Å²) >= 11 is 0. The lowest BCUT2D eigenvalue weighted by Crippen LogP contribution is -2.49. The molecule has 0 N–H and O–H groups in total. The Hall–Kier alpha value is -1.12. The molecule has 0 saturated heterocycles. The van der Waals surface area contributed by atoms with Gasteiger partial charge in [-0.05, 0) is 6.42 Å². The minimum atomic E-state index is -1.96. The molecule has 1 aromatic carbocycles. The predicted molar refractivity (Wildman–Crippen MR) is 93.5 cm³/mol. The fourth-order valence-electron chi connectivity index (χ4n) is 1.99. The SMILES string of the molecule is C[Si](C)(C)C#CCCCC(=O)[Si](C)(C)c1ccccc1. The lowest BCUT2D eigenvalue weighted by molar-refractivity contribution is -0.112. The van der Waals surface area contributed by atoms with Gasteiger partial charge in [0.25, 0.3) is 0 Å². The van der Waals surface area contributed by atoms with E-state index in [1.54, 1.807) is 0 Å². The summed E-state index contributed by atoms with van der Waals surface area (Å²) < 4.78 is 0. The fourth-order valence-corrected chi connectivity index (χ4v) is 4.80. The van der Waals surface area contributed by atoms with Gasteiger partial charge in [0, 0.05) is 12.8 Å². The highest BCUT2D eigenvalue weighted by atomic mass is 28.3. The van der Waals surface area contributed by atoms with E-state index in [0.717, 1.165) is 12.8 Å². The van der Waals surface area contributed by atoms with E-state index in [-0.39, 0.29) is 0 Å². The summed E-state index contributed by atoms with van der Waals surface area (Å²) in [4.78, 5) is 12.4. The van der Waals surface area contributed by atoms with Gasteiger partial charge in [0.15, 0.2) is 8.07 Å². The molecule has 0 aliphatic carbocycles. The highest BCUT2D eigenvalue weighted by molar-refractivity contribution is 7.13. The molecule has 1 aromatic rings. The third-order valence-electron chi connectivity index (χ3n) is 3.36. The van der Waals surface area contributed by atoms with Crippen molar-refractivity contribution in [1.82, 2.24) is 0 Å². The van der Waals surface area contributed by atoms with E-state index >= 15 is 0 Å². The van der Waals surface area contributed by atoms with Gasteiger partial charge in [-0.3, -0.25) is 0 Å². The minimum absolute atomic E-state index is 0.443. The second-order valence-electron chi connectivity index (χ2n) is 6.82. The van der Waals surface area contributed by atoms with E-state index in [2.05, 4.69) is 56.3 Å². The second-order valence-corrected chi connectivity index (χ2v) is 16.0. The molecular formula is C17H26OSi2. The first kappa shape index (κ1) is 16.9. The molecule has 0 unspecified atom stereocenters. The van der Waals surface area contributed by atoms with Crippen LogP contribution in [-0.2, 0) is 4.79 Å². The van der Waals surface area contributed by atoms with Crippen LogP contribution in [0.2, 0.25) is 32.7 Å². The molecule has 0 amide bonds. The van der Waals surface area contributed by atoms with E-state index in [4.69, 9.17) is 0 Å². The Balaban J connectivity index is 2.52. The molecular weight excluding hydrogens is 276 g/mol. The van der Waals surface area contributed by atoms with E-state index in [9.17, 15) is 4.79 Å². The molecule has 0 bridgehead atoms. The van der Waals surface area contributed by atoms with Crippen molar-refractivity contribution >= 4 is 26.7 Å². The van der Waals surface area contributed by atoms with Crippen LogP contribution in [0.3, 0.4) is 0 Å². The van der Waals surface area contributed by atoms with Gasteiger partial charge < -0.3 is 4.79 Å². The monoisotopic (exact) mass is 302 g/mol. The number of unbranched alkanes of at least 4 members (excludes halogenated alkanes) is 1. The summed E-state index contributed by atoms with van der Waals surface area (Å²) in [5.41, 5.74) is 3.35. The van der Waals surface area contributed by atoms with Crippen LogP contribution in [0.4, 0.5) is 0 Å². The molecule has 0 atom stereocenters. The predicted octanol–water partition coefficient (Wildman–Crippen LogP) is 3.76. The Morgan fingerprint density at radius 3 is 2.20 bits per heavy atom. The first-order chi connectivity index (χ1) is 9.23. The molecule has 20 heavy (non-hydrogen) atoms. The molecule has 0 saturated carbocycles. The first-order valence-corrected chi connectivity index (χ1v) is 13.8. The van der Waals surface area contributed by atoms with Crippen molar-refractivity contribution in [3.63, 3.8) is 0 Å². The van der Waals surface area contributed by atoms with E-state index < -0.39 is 16.1 Å². The van der Waals surface area contributed by atoms with Crippen LogP contribution >= 0.6 is 0 Å². The van der Waals surface area contributed by atoms with Crippen LogP contribution in [-0.4, -0.2) is 21.6 Å². The van der Waals surface area contributed by atoms with Gasteiger partial charge in [0.1, 0.15) is 13.5 Å². The van der Waals surface area contributed by atoms with Crippen LogP contribution in [0.25, 0.3) is 0 Å². The number of carbonyl (C=O) groups is 1. The standard InChI is InChI=1S/C17H26OSi2/c1-19(2,3)15-11-7-10-14-17(18)20(4,5)16-12-8-6-9-13-16/h6,8-9,12-13H,7,10,14H2,1-5H3. The topological polar surface area (TPSA) is 17.1 Å². The van der Waals surface area contributed by atoms with Crippen molar-refractivity contribution in [3.05, 3.63) is 30.3 Å². The Morgan fingerprint density at radius 1 is 1.05 bits per heavy atom. The molecule has 0 aromatic heterocycles. The number of hydrogen-bond acceptors (Lipinski definition) is 1. The summed E-state index contributed by atoms with van der Waals surface area (Å²) in [6.07, 6.45) is 2.43.